The van der Waals surface area contributed by atoms with Crippen LogP contribution in [0, 0.1) is 0 Å². The van der Waals surface area contributed by atoms with Crippen LogP contribution in [0.2, 0.25) is 0 Å². The van der Waals surface area contributed by atoms with Crippen molar-refractivity contribution in [3.8, 4) is 0 Å². The van der Waals surface area contributed by atoms with Crippen LogP contribution >= 0.6 is 0 Å². The Kier molecular flexibility index (Phi) is 3.90. The van der Waals surface area contributed by atoms with Gasteiger partial charge in [-0.3, -0.25) is 0 Å². The summed E-state index contributed by atoms with van der Waals surface area (Å²) in [6.07, 6.45) is -4.78. The summed E-state index contributed by atoms with van der Waals surface area (Å²) in [5.41, 5.74) is -0.592. The van der Waals surface area contributed by atoms with Gasteiger partial charge in [-0.25, -0.2) is 4.79 Å². The van der Waals surface area contributed by atoms with Gasteiger partial charge in [0.05, 0.1) is 11.7 Å². The lowest BCUT2D eigenvalue weighted by atomic mass is 10.0. The molecule has 0 aromatic rings. The van der Waals surface area contributed by atoms with E-state index in [-0.39, 0.29) is 6.42 Å². The largest absolute Gasteiger partial charge is 0.479 e. The molecule has 0 saturated carbocycles. The van der Waals surface area contributed by atoms with Crippen LogP contribution in [-0.2, 0) is 14.3 Å². The summed E-state index contributed by atoms with van der Waals surface area (Å²) in [7, 11) is 0. The Morgan fingerprint density at radius 1 is 1.38 bits per heavy atom. The molecule has 0 bridgehead atoms. The SMILES string of the molecule is CC(C)(C)OC1OC(C(=O)O)CC(O)C1O. The summed E-state index contributed by atoms with van der Waals surface area (Å²) >= 11 is 0. The molecule has 1 aliphatic heterocycles. The maximum Gasteiger partial charge on any atom is 0.333 e. The molecule has 3 N–H and O–H groups in total. The van der Waals surface area contributed by atoms with E-state index in [1.54, 1.807) is 20.8 Å². The molecule has 4 unspecified atom stereocenters. The van der Waals surface area contributed by atoms with Crippen molar-refractivity contribution < 1.29 is 29.6 Å². The smallest absolute Gasteiger partial charge is 0.333 e. The average molecular weight is 234 g/mol. The standard InChI is InChI=1S/C10H18O6/c1-10(2,3)16-9-7(12)5(11)4-6(15-9)8(13)14/h5-7,9,11-12H,4H2,1-3H3,(H,13,14). The number of aliphatic hydroxyl groups excluding tert-OH is 2. The van der Waals surface area contributed by atoms with Crippen LogP contribution in [0.25, 0.3) is 0 Å². The van der Waals surface area contributed by atoms with Gasteiger partial charge in [0.1, 0.15) is 6.10 Å². The second kappa shape index (κ2) is 4.67. The van der Waals surface area contributed by atoms with E-state index in [2.05, 4.69) is 0 Å². The minimum Gasteiger partial charge on any atom is -0.479 e. The summed E-state index contributed by atoms with van der Waals surface area (Å²) in [6.45, 7) is 5.25. The minimum absolute atomic E-state index is 0.138. The molecule has 6 heteroatoms. The maximum atomic E-state index is 10.7. The topological polar surface area (TPSA) is 96.2 Å². The van der Waals surface area contributed by atoms with Crippen molar-refractivity contribution in [1.29, 1.82) is 0 Å². The van der Waals surface area contributed by atoms with Gasteiger partial charge < -0.3 is 24.8 Å². The number of carbonyl (C=O) groups is 1. The Bertz CT molecular complexity index is 259. The first-order valence-electron chi connectivity index (χ1n) is 5.13. The highest BCUT2D eigenvalue weighted by atomic mass is 16.7. The van der Waals surface area contributed by atoms with Crippen LogP contribution in [0.3, 0.4) is 0 Å². The van der Waals surface area contributed by atoms with E-state index in [1.165, 1.54) is 0 Å². The Morgan fingerprint density at radius 2 is 1.94 bits per heavy atom. The molecule has 1 aliphatic rings. The second-order valence-electron chi connectivity index (χ2n) is 4.86. The van der Waals surface area contributed by atoms with Crippen molar-refractivity contribution in [2.45, 2.75) is 57.4 Å². The molecule has 6 nitrogen and oxygen atoms in total. The number of hydrogen-bond acceptors (Lipinski definition) is 5. The van der Waals surface area contributed by atoms with Crippen LogP contribution in [0.1, 0.15) is 27.2 Å². The molecule has 0 amide bonds. The molecule has 94 valence electrons. The third-order valence-electron chi connectivity index (χ3n) is 2.17. The molecule has 0 radical (unpaired) electrons. The Morgan fingerprint density at radius 3 is 2.38 bits per heavy atom. The second-order valence-corrected chi connectivity index (χ2v) is 4.86. The quantitative estimate of drug-likeness (QED) is 0.608. The zero-order valence-corrected chi connectivity index (χ0v) is 9.58. The van der Waals surface area contributed by atoms with E-state index in [4.69, 9.17) is 14.6 Å². The summed E-state index contributed by atoms with van der Waals surface area (Å²) < 4.78 is 10.4. The summed E-state index contributed by atoms with van der Waals surface area (Å²) in [4.78, 5) is 10.7. The molecular weight excluding hydrogens is 216 g/mol. The first kappa shape index (κ1) is 13.4. The van der Waals surface area contributed by atoms with E-state index < -0.39 is 36.2 Å². The number of carboxylic acid groups (broad SMARTS) is 1. The number of ether oxygens (including phenoxy) is 2. The lowest BCUT2D eigenvalue weighted by Crippen LogP contribution is -2.53. The van der Waals surface area contributed by atoms with Gasteiger partial charge >= 0.3 is 5.97 Å². The molecule has 1 fully saturated rings. The molecule has 0 spiro atoms. The zero-order valence-electron chi connectivity index (χ0n) is 9.58. The van der Waals surface area contributed by atoms with Crippen LogP contribution in [0.5, 0.6) is 0 Å². The average Bonchev–Trinajstić information content (AvgIpc) is 2.10. The first-order chi connectivity index (χ1) is 7.20. The third-order valence-corrected chi connectivity index (χ3v) is 2.17. The Balaban J connectivity index is 2.70. The highest BCUT2D eigenvalue weighted by molar-refractivity contribution is 5.72. The van der Waals surface area contributed by atoms with E-state index >= 15 is 0 Å². The Labute approximate surface area is 93.8 Å². The van der Waals surface area contributed by atoms with Gasteiger partial charge in [-0.2, -0.15) is 0 Å². The number of rotatable bonds is 2. The van der Waals surface area contributed by atoms with Gasteiger partial charge in [0.15, 0.2) is 12.4 Å². The van der Waals surface area contributed by atoms with Crippen molar-refractivity contribution in [1.82, 2.24) is 0 Å². The predicted molar refractivity (Wildman–Crippen MR) is 53.8 cm³/mol. The fraction of sp³-hybridized carbons (Fsp3) is 0.900. The van der Waals surface area contributed by atoms with Crippen LogP contribution in [0.4, 0.5) is 0 Å². The lowest BCUT2D eigenvalue weighted by molar-refractivity contribution is -0.291. The molecule has 16 heavy (non-hydrogen) atoms. The van der Waals surface area contributed by atoms with Crippen LogP contribution in [0.15, 0.2) is 0 Å². The number of hydrogen-bond donors (Lipinski definition) is 3. The molecule has 1 saturated heterocycles. The minimum atomic E-state index is -1.23. The van der Waals surface area contributed by atoms with Crippen molar-refractivity contribution in [2.75, 3.05) is 0 Å². The number of aliphatic hydroxyl groups is 2. The van der Waals surface area contributed by atoms with Crippen LogP contribution in [-0.4, -0.2) is 51.5 Å². The highest BCUT2D eigenvalue weighted by Crippen LogP contribution is 2.25. The van der Waals surface area contributed by atoms with Crippen LogP contribution < -0.4 is 0 Å². The number of aliphatic carboxylic acids is 1. The fourth-order valence-corrected chi connectivity index (χ4v) is 1.44. The number of carboxylic acids is 1. The summed E-state index contributed by atoms with van der Waals surface area (Å²) in [5.74, 6) is -1.17. The molecule has 1 rings (SSSR count). The van der Waals surface area contributed by atoms with E-state index in [9.17, 15) is 15.0 Å². The van der Waals surface area contributed by atoms with Crippen molar-refractivity contribution in [3.63, 3.8) is 0 Å². The molecule has 0 aromatic heterocycles. The predicted octanol–water partition coefficient (Wildman–Crippen LogP) is -0.277. The van der Waals surface area contributed by atoms with Crippen molar-refractivity contribution >= 4 is 5.97 Å². The maximum absolute atomic E-state index is 10.7. The lowest BCUT2D eigenvalue weighted by Gasteiger charge is -2.38. The highest BCUT2D eigenvalue weighted by Gasteiger charge is 2.41. The van der Waals surface area contributed by atoms with Crippen molar-refractivity contribution in [3.05, 3.63) is 0 Å². The molecular formula is C10H18O6. The van der Waals surface area contributed by atoms with Gasteiger partial charge in [-0.15, -0.1) is 0 Å². The van der Waals surface area contributed by atoms with Gasteiger partial charge in [-0.05, 0) is 20.8 Å². The van der Waals surface area contributed by atoms with E-state index in [0.29, 0.717) is 0 Å². The monoisotopic (exact) mass is 234 g/mol. The fourth-order valence-electron chi connectivity index (χ4n) is 1.44. The summed E-state index contributed by atoms with van der Waals surface area (Å²) in [5, 5.41) is 27.9. The van der Waals surface area contributed by atoms with Gasteiger partial charge in [0, 0.05) is 6.42 Å². The van der Waals surface area contributed by atoms with Gasteiger partial charge in [0.25, 0.3) is 0 Å². The zero-order chi connectivity index (χ0) is 12.5. The molecule has 4 atom stereocenters. The third kappa shape index (κ3) is 3.41. The summed E-state index contributed by atoms with van der Waals surface area (Å²) in [6, 6.07) is 0. The van der Waals surface area contributed by atoms with Crippen molar-refractivity contribution in [2.24, 2.45) is 0 Å². The van der Waals surface area contributed by atoms with Gasteiger partial charge in [-0.1, -0.05) is 0 Å². The van der Waals surface area contributed by atoms with E-state index in [1.807, 2.05) is 0 Å². The molecule has 1 heterocycles. The molecule has 0 aromatic carbocycles. The normalized spacial score (nSPS) is 36.1. The van der Waals surface area contributed by atoms with E-state index in [0.717, 1.165) is 0 Å². The van der Waals surface area contributed by atoms with Gasteiger partial charge in [0.2, 0.25) is 0 Å². The Hall–Kier alpha value is -0.690. The first-order valence-corrected chi connectivity index (χ1v) is 5.13. The molecule has 0 aliphatic carbocycles.